The number of nitrogens with zero attached hydrogens (tertiary/aromatic N) is 4. The van der Waals surface area contributed by atoms with Gasteiger partial charge in [0.1, 0.15) is 0 Å². The summed E-state index contributed by atoms with van der Waals surface area (Å²) in [5.74, 6) is 0.0947. The smallest absolute Gasteiger partial charge is 0.305 e. The van der Waals surface area contributed by atoms with Gasteiger partial charge in [-0.2, -0.15) is 4.98 Å². The van der Waals surface area contributed by atoms with E-state index < -0.39 is 0 Å². The number of aryl methyl sites for hydroxylation is 1. The lowest BCUT2D eigenvalue weighted by Gasteiger charge is -2.03. The molecule has 0 aliphatic rings. The molecular weight excluding hydrogens is 310 g/mol. The van der Waals surface area contributed by atoms with Crippen LogP contribution in [0.3, 0.4) is 0 Å². The summed E-state index contributed by atoms with van der Waals surface area (Å²) in [5, 5.41) is 6.96. The zero-order chi connectivity index (χ0) is 17.4. The van der Waals surface area contributed by atoms with E-state index in [2.05, 4.69) is 20.4 Å². The predicted molar refractivity (Wildman–Crippen MR) is 87.6 cm³/mol. The molecule has 0 spiro atoms. The van der Waals surface area contributed by atoms with Gasteiger partial charge in [0.15, 0.2) is 0 Å². The standard InChI is InChI=1S/C16H23N5O3/c1-3-24-13(22)8-6-4-5-7-10-17-15(23)14-19-16-18-11-9-12(2)21(16)20-14/h9,11H,3-8,10H2,1-2H3,(H,17,23). The van der Waals surface area contributed by atoms with Gasteiger partial charge in [-0.25, -0.2) is 9.50 Å². The van der Waals surface area contributed by atoms with Gasteiger partial charge in [-0.3, -0.25) is 9.59 Å². The highest BCUT2D eigenvalue weighted by Crippen LogP contribution is 2.04. The van der Waals surface area contributed by atoms with Gasteiger partial charge >= 0.3 is 5.97 Å². The molecule has 0 saturated heterocycles. The van der Waals surface area contributed by atoms with E-state index >= 15 is 0 Å². The summed E-state index contributed by atoms with van der Waals surface area (Å²) in [6.45, 7) is 4.66. The van der Waals surface area contributed by atoms with E-state index in [-0.39, 0.29) is 17.7 Å². The third kappa shape index (κ3) is 5.00. The Morgan fingerprint density at radius 3 is 2.79 bits per heavy atom. The third-order valence-corrected chi connectivity index (χ3v) is 3.53. The first-order valence-corrected chi connectivity index (χ1v) is 8.24. The Morgan fingerprint density at radius 2 is 2.04 bits per heavy atom. The summed E-state index contributed by atoms with van der Waals surface area (Å²) in [4.78, 5) is 31.4. The summed E-state index contributed by atoms with van der Waals surface area (Å²) in [6.07, 6.45) is 5.63. The number of amides is 1. The van der Waals surface area contributed by atoms with Crippen LogP contribution in [0.15, 0.2) is 12.3 Å². The van der Waals surface area contributed by atoms with Crippen molar-refractivity contribution in [2.24, 2.45) is 0 Å². The number of unbranched alkanes of at least 4 members (excludes halogenated alkanes) is 3. The highest BCUT2D eigenvalue weighted by atomic mass is 16.5. The van der Waals surface area contributed by atoms with Gasteiger partial charge in [0, 0.05) is 24.9 Å². The predicted octanol–water partition coefficient (Wildman–Crippen LogP) is 1.68. The fraction of sp³-hybridized carbons (Fsp3) is 0.562. The lowest BCUT2D eigenvalue weighted by Crippen LogP contribution is -2.25. The maximum atomic E-state index is 12.0. The highest BCUT2D eigenvalue weighted by Gasteiger charge is 2.13. The molecule has 0 unspecified atom stereocenters. The number of aromatic nitrogens is 4. The van der Waals surface area contributed by atoms with Crippen molar-refractivity contribution >= 4 is 17.7 Å². The fourth-order valence-corrected chi connectivity index (χ4v) is 2.26. The number of hydrogen-bond donors (Lipinski definition) is 1. The van der Waals surface area contributed by atoms with Crippen LogP contribution < -0.4 is 5.32 Å². The maximum Gasteiger partial charge on any atom is 0.305 e. The van der Waals surface area contributed by atoms with Gasteiger partial charge in [-0.15, -0.1) is 5.10 Å². The fourth-order valence-electron chi connectivity index (χ4n) is 2.26. The van der Waals surface area contributed by atoms with Gasteiger partial charge in [-0.1, -0.05) is 12.8 Å². The van der Waals surface area contributed by atoms with E-state index in [0.717, 1.165) is 31.4 Å². The van der Waals surface area contributed by atoms with E-state index in [1.807, 2.05) is 6.92 Å². The van der Waals surface area contributed by atoms with Crippen molar-refractivity contribution in [2.75, 3.05) is 13.2 Å². The van der Waals surface area contributed by atoms with Gasteiger partial charge in [0.25, 0.3) is 11.7 Å². The Kier molecular flexibility index (Phi) is 6.65. The number of hydrogen-bond acceptors (Lipinski definition) is 6. The average Bonchev–Trinajstić information content (AvgIpc) is 3.00. The Morgan fingerprint density at radius 1 is 1.25 bits per heavy atom. The number of carbonyl (C=O) groups is 2. The number of nitrogens with one attached hydrogen (secondary N) is 1. The zero-order valence-corrected chi connectivity index (χ0v) is 14.1. The molecule has 130 valence electrons. The molecule has 0 fully saturated rings. The average molecular weight is 333 g/mol. The molecule has 0 radical (unpaired) electrons. The van der Waals surface area contributed by atoms with E-state index in [4.69, 9.17) is 4.74 Å². The summed E-state index contributed by atoms with van der Waals surface area (Å²) in [6, 6.07) is 1.81. The second kappa shape index (κ2) is 8.95. The van der Waals surface area contributed by atoms with E-state index in [9.17, 15) is 9.59 Å². The number of ether oxygens (including phenoxy) is 1. The van der Waals surface area contributed by atoms with Gasteiger partial charge in [0.2, 0.25) is 5.82 Å². The number of fused-ring (bicyclic) bond motifs is 1. The normalized spacial score (nSPS) is 10.8. The van der Waals surface area contributed by atoms with E-state index in [1.165, 1.54) is 0 Å². The molecule has 8 heteroatoms. The largest absolute Gasteiger partial charge is 0.466 e. The first kappa shape index (κ1) is 17.8. The lowest BCUT2D eigenvalue weighted by molar-refractivity contribution is -0.143. The van der Waals surface area contributed by atoms with Crippen LogP contribution in [0.5, 0.6) is 0 Å². The molecule has 0 aromatic carbocycles. The minimum atomic E-state index is -0.300. The molecule has 1 N–H and O–H groups in total. The molecule has 2 aromatic rings. The molecule has 1 amide bonds. The van der Waals surface area contributed by atoms with Crippen LogP contribution in [0.25, 0.3) is 5.78 Å². The minimum absolute atomic E-state index is 0.124. The summed E-state index contributed by atoms with van der Waals surface area (Å²) in [5.41, 5.74) is 0.869. The van der Waals surface area contributed by atoms with Crippen LogP contribution in [-0.2, 0) is 9.53 Å². The molecule has 0 aliphatic carbocycles. The van der Waals surface area contributed by atoms with Crippen LogP contribution in [-0.4, -0.2) is 44.6 Å². The second-order valence-corrected chi connectivity index (χ2v) is 5.46. The minimum Gasteiger partial charge on any atom is -0.466 e. The van der Waals surface area contributed by atoms with Gasteiger partial charge < -0.3 is 10.1 Å². The van der Waals surface area contributed by atoms with Crippen molar-refractivity contribution < 1.29 is 14.3 Å². The molecule has 2 rings (SSSR count). The molecule has 0 aliphatic heterocycles. The monoisotopic (exact) mass is 333 g/mol. The van der Waals surface area contributed by atoms with Crippen LogP contribution in [0.4, 0.5) is 0 Å². The number of carbonyl (C=O) groups excluding carboxylic acids is 2. The quantitative estimate of drug-likeness (QED) is 0.554. The van der Waals surface area contributed by atoms with Gasteiger partial charge in [0.05, 0.1) is 6.61 Å². The Hall–Kier alpha value is -2.51. The van der Waals surface area contributed by atoms with Gasteiger partial charge in [-0.05, 0) is 32.8 Å². The van der Waals surface area contributed by atoms with Crippen molar-refractivity contribution in [1.82, 2.24) is 24.9 Å². The maximum absolute atomic E-state index is 12.0. The van der Waals surface area contributed by atoms with Crippen LogP contribution in [0.2, 0.25) is 0 Å². The highest BCUT2D eigenvalue weighted by molar-refractivity contribution is 5.90. The Bertz CT molecular complexity index is 698. The van der Waals surface area contributed by atoms with Crippen molar-refractivity contribution in [3.63, 3.8) is 0 Å². The van der Waals surface area contributed by atoms with Crippen LogP contribution >= 0.6 is 0 Å². The SMILES string of the molecule is CCOC(=O)CCCCCCNC(=O)c1nc2nccc(C)n2n1. The lowest BCUT2D eigenvalue weighted by atomic mass is 10.1. The summed E-state index contributed by atoms with van der Waals surface area (Å²) >= 11 is 0. The number of rotatable bonds is 9. The topological polar surface area (TPSA) is 98.5 Å². The molecule has 8 nitrogen and oxygen atoms in total. The first-order valence-electron chi connectivity index (χ1n) is 8.24. The Balaban J connectivity index is 1.66. The van der Waals surface area contributed by atoms with Crippen molar-refractivity contribution in [1.29, 1.82) is 0 Å². The van der Waals surface area contributed by atoms with E-state index in [1.54, 1.807) is 23.7 Å². The Labute approximate surface area is 140 Å². The van der Waals surface area contributed by atoms with Crippen LogP contribution in [0.1, 0.15) is 55.3 Å². The van der Waals surface area contributed by atoms with Crippen LogP contribution in [0, 0.1) is 6.92 Å². The second-order valence-electron chi connectivity index (χ2n) is 5.46. The zero-order valence-electron chi connectivity index (χ0n) is 14.1. The molecule has 2 heterocycles. The first-order chi connectivity index (χ1) is 11.6. The molecule has 0 saturated carbocycles. The van der Waals surface area contributed by atoms with E-state index in [0.29, 0.717) is 25.4 Å². The third-order valence-electron chi connectivity index (χ3n) is 3.53. The van der Waals surface area contributed by atoms with Crippen molar-refractivity contribution in [3.05, 3.63) is 23.8 Å². The molecular formula is C16H23N5O3. The van der Waals surface area contributed by atoms with Crippen molar-refractivity contribution in [3.8, 4) is 0 Å². The molecule has 2 aromatic heterocycles. The summed E-state index contributed by atoms with van der Waals surface area (Å²) < 4.78 is 6.41. The molecule has 24 heavy (non-hydrogen) atoms. The van der Waals surface area contributed by atoms with Crippen molar-refractivity contribution in [2.45, 2.75) is 46.0 Å². The molecule has 0 atom stereocenters. The summed E-state index contributed by atoms with van der Waals surface area (Å²) in [7, 11) is 0. The molecule has 0 bridgehead atoms. The number of esters is 1.